The highest BCUT2D eigenvalue weighted by Gasteiger charge is 2.33. The number of nitrogens with one attached hydrogen (secondary N) is 1. The second kappa shape index (κ2) is 8.25. The van der Waals surface area contributed by atoms with E-state index in [1.165, 1.54) is 0 Å². The van der Waals surface area contributed by atoms with Gasteiger partial charge in [-0.3, -0.25) is 9.59 Å². The van der Waals surface area contributed by atoms with Crippen LogP contribution in [-0.2, 0) is 11.3 Å². The van der Waals surface area contributed by atoms with Gasteiger partial charge in [0, 0.05) is 29.8 Å². The minimum Gasteiger partial charge on any atom is -0.497 e. The van der Waals surface area contributed by atoms with E-state index in [4.69, 9.17) is 4.74 Å². The molecule has 2 aromatic rings. The van der Waals surface area contributed by atoms with Crippen molar-refractivity contribution in [2.24, 2.45) is 5.92 Å². The highest BCUT2D eigenvalue weighted by atomic mass is 16.5. The minimum atomic E-state index is -0.0823. The SMILES string of the molecule is COc1ccc(CN(C(=O)c2ccc(NC(=O)C(C)C)cc2)C2CC2)cc1. The lowest BCUT2D eigenvalue weighted by Gasteiger charge is -2.23. The van der Waals surface area contributed by atoms with E-state index < -0.39 is 0 Å². The largest absolute Gasteiger partial charge is 0.497 e. The molecule has 5 nitrogen and oxygen atoms in total. The van der Waals surface area contributed by atoms with E-state index in [1.54, 1.807) is 31.4 Å². The average molecular weight is 366 g/mol. The predicted octanol–water partition coefficient (Wildman–Crippen LogP) is 4.09. The first kappa shape index (κ1) is 19.0. The van der Waals surface area contributed by atoms with Crippen LogP contribution in [-0.4, -0.2) is 29.9 Å². The van der Waals surface area contributed by atoms with Crippen LogP contribution in [0.2, 0.25) is 0 Å². The second-order valence-electron chi connectivity index (χ2n) is 7.23. The van der Waals surface area contributed by atoms with Gasteiger partial charge in [-0.1, -0.05) is 26.0 Å². The van der Waals surface area contributed by atoms with Crippen molar-refractivity contribution in [2.45, 2.75) is 39.3 Å². The zero-order valence-electron chi connectivity index (χ0n) is 16.1. The summed E-state index contributed by atoms with van der Waals surface area (Å²) in [6.07, 6.45) is 2.09. The number of rotatable bonds is 7. The number of carbonyl (C=O) groups excluding carboxylic acids is 2. The Morgan fingerprint density at radius 3 is 2.22 bits per heavy atom. The van der Waals surface area contributed by atoms with Crippen molar-refractivity contribution in [2.75, 3.05) is 12.4 Å². The van der Waals surface area contributed by atoms with Crippen molar-refractivity contribution in [3.05, 3.63) is 59.7 Å². The molecular formula is C22H26N2O3. The maximum atomic E-state index is 13.0. The molecule has 1 saturated carbocycles. The molecule has 0 bridgehead atoms. The highest BCUT2D eigenvalue weighted by molar-refractivity contribution is 5.96. The van der Waals surface area contributed by atoms with E-state index >= 15 is 0 Å². The Balaban J connectivity index is 1.70. The first-order chi connectivity index (χ1) is 13.0. The van der Waals surface area contributed by atoms with Gasteiger partial charge in [-0.2, -0.15) is 0 Å². The van der Waals surface area contributed by atoms with Crippen molar-refractivity contribution < 1.29 is 14.3 Å². The van der Waals surface area contributed by atoms with Gasteiger partial charge in [-0.15, -0.1) is 0 Å². The summed E-state index contributed by atoms with van der Waals surface area (Å²) in [5.74, 6) is 0.714. The van der Waals surface area contributed by atoms with E-state index in [2.05, 4.69) is 5.32 Å². The Hall–Kier alpha value is -2.82. The van der Waals surface area contributed by atoms with E-state index in [-0.39, 0.29) is 17.7 Å². The molecule has 1 fully saturated rings. The summed E-state index contributed by atoms with van der Waals surface area (Å²) in [5.41, 5.74) is 2.42. The van der Waals surface area contributed by atoms with Crippen LogP contribution in [0.15, 0.2) is 48.5 Å². The van der Waals surface area contributed by atoms with Crippen LogP contribution < -0.4 is 10.1 Å². The van der Waals surface area contributed by atoms with Crippen molar-refractivity contribution in [3.63, 3.8) is 0 Å². The molecule has 3 rings (SSSR count). The molecule has 1 aliphatic carbocycles. The molecule has 0 heterocycles. The zero-order valence-corrected chi connectivity index (χ0v) is 16.1. The normalized spacial score (nSPS) is 13.3. The Morgan fingerprint density at radius 1 is 1.07 bits per heavy atom. The summed E-state index contributed by atoms with van der Waals surface area (Å²) in [4.78, 5) is 26.7. The predicted molar refractivity (Wildman–Crippen MR) is 106 cm³/mol. The number of hydrogen-bond acceptors (Lipinski definition) is 3. The number of ether oxygens (including phenoxy) is 1. The quantitative estimate of drug-likeness (QED) is 0.803. The van der Waals surface area contributed by atoms with E-state index in [0.717, 1.165) is 24.2 Å². The van der Waals surface area contributed by atoms with Crippen LogP contribution >= 0.6 is 0 Å². The third kappa shape index (κ3) is 4.88. The van der Waals surface area contributed by atoms with E-state index in [1.807, 2.05) is 43.0 Å². The maximum absolute atomic E-state index is 13.0. The molecule has 0 saturated heterocycles. The molecule has 0 aromatic heterocycles. The fourth-order valence-electron chi connectivity index (χ4n) is 2.83. The molecule has 1 N–H and O–H groups in total. The number of methoxy groups -OCH3 is 1. The zero-order chi connectivity index (χ0) is 19.4. The summed E-state index contributed by atoms with van der Waals surface area (Å²) in [5, 5.41) is 2.85. The molecule has 0 aliphatic heterocycles. The highest BCUT2D eigenvalue weighted by Crippen LogP contribution is 2.30. The van der Waals surface area contributed by atoms with Crippen molar-refractivity contribution in [3.8, 4) is 5.75 Å². The van der Waals surface area contributed by atoms with Crippen LogP contribution in [0.25, 0.3) is 0 Å². The van der Waals surface area contributed by atoms with Crippen molar-refractivity contribution in [1.82, 2.24) is 4.90 Å². The lowest BCUT2D eigenvalue weighted by molar-refractivity contribution is -0.118. The van der Waals surface area contributed by atoms with Gasteiger partial charge in [0.1, 0.15) is 5.75 Å². The molecule has 2 amide bonds. The number of amides is 2. The Labute approximate surface area is 160 Å². The summed E-state index contributed by atoms with van der Waals surface area (Å²) >= 11 is 0. The number of benzene rings is 2. The molecule has 0 atom stereocenters. The summed E-state index contributed by atoms with van der Waals surface area (Å²) in [7, 11) is 1.64. The van der Waals surface area contributed by atoms with Gasteiger partial charge in [-0.25, -0.2) is 0 Å². The van der Waals surface area contributed by atoms with Crippen LogP contribution in [0.3, 0.4) is 0 Å². The number of anilines is 1. The summed E-state index contributed by atoms with van der Waals surface area (Å²) in [6, 6.07) is 15.2. The van der Waals surface area contributed by atoms with E-state index in [0.29, 0.717) is 23.8 Å². The van der Waals surface area contributed by atoms with Crippen molar-refractivity contribution >= 4 is 17.5 Å². The lowest BCUT2D eigenvalue weighted by Crippen LogP contribution is -2.32. The molecule has 1 aliphatic rings. The average Bonchev–Trinajstić information content (AvgIpc) is 3.51. The van der Waals surface area contributed by atoms with Gasteiger partial charge in [0.25, 0.3) is 5.91 Å². The van der Waals surface area contributed by atoms with E-state index in [9.17, 15) is 9.59 Å². The van der Waals surface area contributed by atoms with Crippen LogP contribution in [0.5, 0.6) is 5.75 Å². The van der Waals surface area contributed by atoms with Gasteiger partial charge in [0.05, 0.1) is 7.11 Å². The van der Waals surface area contributed by atoms with Crippen LogP contribution in [0.4, 0.5) is 5.69 Å². The smallest absolute Gasteiger partial charge is 0.254 e. The summed E-state index contributed by atoms with van der Waals surface area (Å²) in [6.45, 7) is 4.28. The Morgan fingerprint density at radius 2 is 1.70 bits per heavy atom. The number of hydrogen-bond donors (Lipinski definition) is 1. The maximum Gasteiger partial charge on any atom is 0.254 e. The molecule has 142 valence electrons. The van der Waals surface area contributed by atoms with Gasteiger partial charge in [-0.05, 0) is 54.8 Å². The monoisotopic (exact) mass is 366 g/mol. The molecular weight excluding hydrogens is 340 g/mol. The molecule has 0 spiro atoms. The number of carbonyl (C=O) groups is 2. The van der Waals surface area contributed by atoms with Crippen LogP contribution in [0.1, 0.15) is 42.6 Å². The molecule has 0 unspecified atom stereocenters. The Kier molecular flexibility index (Phi) is 5.79. The third-order valence-corrected chi connectivity index (χ3v) is 4.68. The lowest BCUT2D eigenvalue weighted by atomic mass is 10.1. The fourth-order valence-corrected chi connectivity index (χ4v) is 2.83. The second-order valence-corrected chi connectivity index (χ2v) is 7.23. The molecule has 0 radical (unpaired) electrons. The molecule has 5 heteroatoms. The first-order valence-corrected chi connectivity index (χ1v) is 9.32. The Bertz CT molecular complexity index is 793. The van der Waals surface area contributed by atoms with Gasteiger partial charge < -0.3 is 15.0 Å². The standard InChI is InChI=1S/C22H26N2O3/c1-15(2)21(25)23-18-8-6-17(7-9-18)22(26)24(19-10-11-19)14-16-4-12-20(27-3)13-5-16/h4-9,12-13,15,19H,10-11,14H2,1-3H3,(H,23,25). The number of nitrogens with zero attached hydrogens (tertiary/aromatic N) is 1. The molecule has 2 aromatic carbocycles. The molecule has 27 heavy (non-hydrogen) atoms. The van der Waals surface area contributed by atoms with Crippen molar-refractivity contribution in [1.29, 1.82) is 0 Å². The van der Waals surface area contributed by atoms with Gasteiger partial charge in [0.2, 0.25) is 5.91 Å². The summed E-state index contributed by atoms with van der Waals surface area (Å²) < 4.78 is 5.19. The fraction of sp³-hybridized carbons (Fsp3) is 0.364. The first-order valence-electron chi connectivity index (χ1n) is 9.32. The van der Waals surface area contributed by atoms with Gasteiger partial charge >= 0.3 is 0 Å². The van der Waals surface area contributed by atoms with Crippen LogP contribution in [0, 0.1) is 5.92 Å². The van der Waals surface area contributed by atoms with Gasteiger partial charge in [0.15, 0.2) is 0 Å². The topological polar surface area (TPSA) is 58.6 Å². The minimum absolute atomic E-state index is 0.0232. The third-order valence-electron chi connectivity index (χ3n) is 4.68.